The van der Waals surface area contributed by atoms with E-state index in [1.807, 2.05) is 22.7 Å². The molecule has 13 rings (SSSR count). The minimum Gasteiger partial charge on any atom is -0.135 e. The Hall–Kier alpha value is -6.84. The first-order chi connectivity index (χ1) is 28.8. The fourth-order valence-electron chi connectivity index (χ4n) is 9.99. The van der Waals surface area contributed by atoms with Gasteiger partial charge < -0.3 is 0 Å². The lowest BCUT2D eigenvalue weighted by molar-refractivity contribution is 1.67. The summed E-state index contributed by atoms with van der Waals surface area (Å²) in [5, 5.41) is 18.3. The summed E-state index contributed by atoms with van der Waals surface area (Å²) in [5.74, 6) is 0. The summed E-state index contributed by atoms with van der Waals surface area (Å²) in [6.45, 7) is 0. The molecule has 0 radical (unpaired) electrons. The molecule has 0 atom stereocenters. The fraction of sp³-hybridized carbons (Fsp3) is 0. The van der Waals surface area contributed by atoms with E-state index in [-0.39, 0.29) is 0 Å². The standard InChI is InChI=1S/C56H32S2/c1-2-14-36-33(12-1)13-11-22-40(36)53-41-17-5-7-19-43(41)54(44-20-8-6-18-42(44)53)45-29-28-37(38-15-3-4-16-39(38)45)35-24-27-47-51(32-35)58-50-31-26-34-25-30-49-55(52(34)56(47)50)46-21-9-10-23-48(46)57-49/h1-32H. The van der Waals surface area contributed by atoms with Gasteiger partial charge in [0.25, 0.3) is 0 Å². The first-order valence-corrected chi connectivity index (χ1v) is 21.6. The van der Waals surface area contributed by atoms with E-state index in [1.54, 1.807) is 0 Å². The van der Waals surface area contributed by atoms with Crippen molar-refractivity contribution in [3.63, 3.8) is 0 Å². The number of benzene rings is 11. The van der Waals surface area contributed by atoms with Gasteiger partial charge in [-0.3, -0.25) is 0 Å². The predicted molar refractivity (Wildman–Crippen MR) is 256 cm³/mol. The van der Waals surface area contributed by atoms with Gasteiger partial charge in [-0.1, -0.05) is 170 Å². The highest BCUT2D eigenvalue weighted by Crippen LogP contribution is 2.49. The molecule has 0 N–H and O–H groups in total. The van der Waals surface area contributed by atoms with Gasteiger partial charge in [0, 0.05) is 45.7 Å². The Bertz CT molecular complexity index is 3800. The van der Waals surface area contributed by atoms with Crippen molar-refractivity contribution in [2.75, 3.05) is 0 Å². The Morgan fingerprint density at radius 3 is 1.40 bits per heavy atom. The zero-order valence-electron chi connectivity index (χ0n) is 31.3. The van der Waals surface area contributed by atoms with Crippen molar-refractivity contribution < 1.29 is 0 Å². The zero-order chi connectivity index (χ0) is 37.9. The Labute approximate surface area is 342 Å². The molecule has 0 bridgehead atoms. The molecule has 11 aromatic carbocycles. The fourth-order valence-corrected chi connectivity index (χ4v) is 12.3. The van der Waals surface area contributed by atoms with Crippen LogP contribution in [0.15, 0.2) is 194 Å². The Balaban J connectivity index is 1.04. The van der Waals surface area contributed by atoms with E-state index >= 15 is 0 Å². The SMILES string of the molecule is c1ccc2c(-c3c4ccccc4c(-c4ccc(-c5ccc6c(c5)sc5ccc7ccc8sc9ccccc9c8c7c56)c5ccccc45)c4ccccc34)cccc2c1. The van der Waals surface area contributed by atoms with Gasteiger partial charge in [0.2, 0.25) is 0 Å². The minimum atomic E-state index is 1.25. The molecule has 0 saturated carbocycles. The molecule has 2 heterocycles. The van der Waals surface area contributed by atoms with Crippen LogP contribution in [0.4, 0.5) is 0 Å². The van der Waals surface area contributed by atoms with Crippen molar-refractivity contribution in [1.29, 1.82) is 0 Å². The Morgan fingerprint density at radius 1 is 0.241 bits per heavy atom. The maximum absolute atomic E-state index is 2.43. The second kappa shape index (κ2) is 12.3. The number of rotatable bonds is 3. The summed E-state index contributed by atoms with van der Waals surface area (Å²) in [4.78, 5) is 0. The van der Waals surface area contributed by atoms with Crippen LogP contribution in [0, 0.1) is 0 Å². The lowest BCUT2D eigenvalue weighted by atomic mass is 9.83. The van der Waals surface area contributed by atoms with Crippen molar-refractivity contribution in [2.45, 2.75) is 0 Å². The van der Waals surface area contributed by atoms with E-state index in [2.05, 4.69) is 194 Å². The first kappa shape index (κ1) is 32.3. The summed E-state index contributed by atoms with van der Waals surface area (Å²) in [6, 6.07) is 72.6. The topological polar surface area (TPSA) is 0 Å². The first-order valence-electron chi connectivity index (χ1n) is 19.9. The van der Waals surface area contributed by atoms with Crippen LogP contribution < -0.4 is 0 Å². The van der Waals surface area contributed by atoms with Crippen LogP contribution in [-0.4, -0.2) is 0 Å². The summed E-state index contributed by atoms with van der Waals surface area (Å²) >= 11 is 3.81. The second-order valence-corrected chi connectivity index (χ2v) is 17.6. The number of fused-ring (bicyclic) bond motifs is 13. The predicted octanol–water partition coefficient (Wildman–Crippen LogP) is 17.2. The van der Waals surface area contributed by atoms with E-state index in [0.29, 0.717) is 0 Å². The number of thiophene rings is 2. The molecule has 0 aliphatic rings. The molecule has 0 saturated heterocycles. The van der Waals surface area contributed by atoms with Crippen LogP contribution in [-0.2, 0) is 0 Å². The average molecular weight is 769 g/mol. The van der Waals surface area contributed by atoms with Gasteiger partial charge in [0.15, 0.2) is 0 Å². The molecule has 2 aromatic heterocycles. The van der Waals surface area contributed by atoms with Gasteiger partial charge in [0.1, 0.15) is 0 Å². The van der Waals surface area contributed by atoms with Gasteiger partial charge in [-0.2, -0.15) is 0 Å². The van der Waals surface area contributed by atoms with Crippen LogP contribution in [0.1, 0.15) is 0 Å². The molecule has 0 aliphatic carbocycles. The van der Waals surface area contributed by atoms with E-state index < -0.39 is 0 Å². The molecule has 0 spiro atoms. The van der Waals surface area contributed by atoms with Crippen LogP contribution in [0.25, 0.3) is 128 Å². The lowest BCUT2D eigenvalue weighted by Gasteiger charge is -2.20. The van der Waals surface area contributed by atoms with Crippen molar-refractivity contribution in [1.82, 2.24) is 0 Å². The molecular weight excluding hydrogens is 737 g/mol. The minimum absolute atomic E-state index is 1.25. The smallest absolute Gasteiger partial charge is 0.0362 e. The third kappa shape index (κ3) is 4.56. The summed E-state index contributed by atoms with van der Waals surface area (Å²) in [5.41, 5.74) is 7.63. The number of hydrogen-bond acceptors (Lipinski definition) is 2. The highest BCUT2D eigenvalue weighted by atomic mass is 32.1. The van der Waals surface area contributed by atoms with E-state index in [1.165, 1.54) is 128 Å². The van der Waals surface area contributed by atoms with E-state index in [9.17, 15) is 0 Å². The Morgan fingerprint density at radius 2 is 0.724 bits per heavy atom. The van der Waals surface area contributed by atoms with Crippen LogP contribution >= 0.6 is 22.7 Å². The molecule has 0 fully saturated rings. The molecule has 0 amide bonds. The molecule has 0 aliphatic heterocycles. The Kier molecular flexibility index (Phi) is 6.86. The normalized spacial score (nSPS) is 12.1. The van der Waals surface area contributed by atoms with Crippen molar-refractivity contribution in [3.05, 3.63) is 194 Å². The van der Waals surface area contributed by atoms with Crippen molar-refractivity contribution in [2.24, 2.45) is 0 Å². The van der Waals surface area contributed by atoms with Crippen LogP contribution in [0.3, 0.4) is 0 Å². The van der Waals surface area contributed by atoms with Gasteiger partial charge in [-0.05, 0) is 106 Å². The van der Waals surface area contributed by atoms with Gasteiger partial charge in [0.05, 0.1) is 0 Å². The molecule has 0 nitrogen and oxygen atoms in total. The molecule has 0 unspecified atom stereocenters. The van der Waals surface area contributed by atoms with Gasteiger partial charge in [-0.25, -0.2) is 0 Å². The summed E-state index contributed by atoms with van der Waals surface area (Å²) < 4.78 is 5.37. The van der Waals surface area contributed by atoms with Crippen molar-refractivity contribution >= 4 is 117 Å². The molecule has 268 valence electrons. The third-order valence-corrected chi connectivity index (χ3v) is 14.7. The van der Waals surface area contributed by atoms with Gasteiger partial charge in [-0.15, -0.1) is 22.7 Å². The average Bonchev–Trinajstić information content (AvgIpc) is 3.86. The lowest BCUT2D eigenvalue weighted by Crippen LogP contribution is -1.93. The molecular formula is C56H32S2. The monoisotopic (exact) mass is 768 g/mol. The van der Waals surface area contributed by atoms with Crippen molar-refractivity contribution in [3.8, 4) is 33.4 Å². The maximum Gasteiger partial charge on any atom is 0.0362 e. The highest BCUT2D eigenvalue weighted by Gasteiger charge is 2.21. The van der Waals surface area contributed by atoms with Crippen LogP contribution in [0.5, 0.6) is 0 Å². The maximum atomic E-state index is 2.43. The summed E-state index contributed by atoms with van der Waals surface area (Å²) in [7, 11) is 0. The van der Waals surface area contributed by atoms with Crippen LogP contribution in [0.2, 0.25) is 0 Å². The van der Waals surface area contributed by atoms with E-state index in [4.69, 9.17) is 0 Å². The number of hydrogen-bond donors (Lipinski definition) is 0. The highest BCUT2D eigenvalue weighted by molar-refractivity contribution is 7.27. The quantitative estimate of drug-likeness (QED) is 0.157. The molecule has 13 aromatic rings. The second-order valence-electron chi connectivity index (χ2n) is 15.5. The molecule has 58 heavy (non-hydrogen) atoms. The third-order valence-electron chi connectivity index (χ3n) is 12.5. The summed E-state index contributed by atoms with van der Waals surface area (Å²) in [6.07, 6.45) is 0. The van der Waals surface area contributed by atoms with Gasteiger partial charge >= 0.3 is 0 Å². The zero-order valence-corrected chi connectivity index (χ0v) is 32.9. The molecule has 2 heteroatoms. The largest absolute Gasteiger partial charge is 0.135 e. The van der Waals surface area contributed by atoms with E-state index in [0.717, 1.165) is 0 Å².